The third-order valence-corrected chi connectivity index (χ3v) is 3.10. The zero-order valence-corrected chi connectivity index (χ0v) is 9.50. The Morgan fingerprint density at radius 2 is 1.83 bits per heavy atom. The maximum absolute atomic E-state index is 12.7. The molecule has 0 spiro atoms. The smallest absolute Gasteiger partial charge is 0.340 e. The molecule has 18 heavy (non-hydrogen) atoms. The highest BCUT2D eigenvalue weighted by molar-refractivity contribution is 5.84. The third kappa shape index (κ3) is 2.33. The molecule has 0 aromatic heterocycles. The van der Waals surface area contributed by atoms with Gasteiger partial charge in [-0.25, -0.2) is 0 Å². The molecule has 0 unspecified atom stereocenters. The number of carbonyl (C=O) groups is 1. The molecule has 1 aliphatic carbocycles. The number of halogens is 3. The molecule has 1 aromatic rings. The van der Waals surface area contributed by atoms with Crippen LogP contribution in [0.1, 0.15) is 24.4 Å². The normalized spacial score (nSPS) is 19.1. The minimum Gasteiger partial charge on any atom is -0.340 e. The van der Waals surface area contributed by atoms with Gasteiger partial charge in [-0.3, -0.25) is 4.79 Å². The molecule has 0 bridgehead atoms. The highest BCUT2D eigenvalue weighted by Crippen LogP contribution is 2.49. The lowest BCUT2D eigenvalue weighted by Gasteiger charge is -2.22. The van der Waals surface area contributed by atoms with Crippen molar-refractivity contribution >= 4 is 5.91 Å². The Bertz CT molecular complexity index is 440. The van der Waals surface area contributed by atoms with Gasteiger partial charge in [-0.05, 0) is 18.4 Å². The molecule has 0 heterocycles. The highest BCUT2D eigenvalue weighted by atomic mass is 19.4. The van der Waals surface area contributed by atoms with Crippen molar-refractivity contribution in [2.45, 2.75) is 30.6 Å². The van der Waals surface area contributed by atoms with E-state index in [1.54, 1.807) is 30.3 Å². The quantitative estimate of drug-likeness (QED) is 0.870. The van der Waals surface area contributed by atoms with E-state index in [0.717, 1.165) is 0 Å². The fourth-order valence-electron chi connectivity index (χ4n) is 1.73. The molecule has 0 aliphatic heterocycles. The Hall–Kier alpha value is -1.56. The first-order chi connectivity index (χ1) is 8.36. The molecule has 98 valence electrons. The minimum atomic E-state index is -4.42. The van der Waals surface area contributed by atoms with Gasteiger partial charge in [0.1, 0.15) is 11.6 Å². The standard InChI is InChI=1S/C12H13F3N2O/c13-12(14,15)11(6-7-11)17-10(18)9(16)8-4-2-1-3-5-8/h1-5,9H,6-7,16H2,(H,17,18)/t9-/m0/s1. The second kappa shape index (κ2) is 4.28. The van der Waals surface area contributed by atoms with Gasteiger partial charge < -0.3 is 11.1 Å². The Morgan fingerprint density at radius 1 is 1.28 bits per heavy atom. The van der Waals surface area contributed by atoms with E-state index < -0.39 is 23.7 Å². The number of benzene rings is 1. The van der Waals surface area contributed by atoms with Crippen LogP contribution in [-0.2, 0) is 4.79 Å². The molecule has 1 fully saturated rings. The average molecular weight is 258 g/mol. The van der Waals surface area contributed by atoms with Crippen LogP contribution in [0, 0.1) is 0 Å². The molecule has 1 amide bonds. The van der Waals surface area contributed by atoms with Gasteiger partial charge in [0.2, 0.25) is 5.91 Å². The number of nitrogens with two attached hydrogens (primary N) is 1. The Kier molecular flexibility index (Phi) is 3.06. The SMILES string of the molecule is N[C@H](C(=O)NC1(C(F)(F)F)CC1)c1ccccc1. The first-order valence-corrected chi connectivity index (χ1v) is 5.55. The molecule has 1 aromatic carbocycles. The van der Waals surface area contributed by atoms with Gasteiger partial charge in [0, 0.05) is 0 Å². The predicted molar refractivity (Wildman–Crippen MR) is 59.5 cm³/mol. The van der Waals surface area contributed by atoms with Crippen molar-refractivity contribution in [2.75, 3.05) is 0 Å². The van der Waals surface area contributed by atoms with Gasteiger partial charge >= 0.3 is 6.18 Å². The summed E-state index contributed by atoms with van der Waals surface area (Å²) in [7, 11) is 0. The van der Waals surface area contributed by atoms with E-state index in [1.165, 1.54) is 0 Å². The van der Waals surface area contributed by atoms with Gasteiger partial charge in [0.15, 0.2) is 0 Å². The van der Waals surface area contributed by atoms with Crippen LogP contribution < -0.4 is 11.1 Å². The summed E-state index contributed by atoms with van der Waals surface area (Å²) in [5.74, 6) is -0.795. The number of nitrogens with one attached hydrogen (secondary N) is 1. The van der Waals surface area contributed by atoms with E-state index in [-0.39, 0.29) is 12.8 Å². The first-order valence-electron chi connectivity index (χ1n) is 5.55. The first kappa shape index (κ1) is 12.9. The van der Waals surface area contributed by atoms with Crippen molar-refractivity contribution in [2.24, 2.45) is 5.73 Å². The second-order valence-electron chi connectivity index (χ2n) is 4.46. The highest BCUT2D eigenvalue weighted by Gasteiger charge is 2.64. The number of hydrogen-bond acceptors (Lipinski definition) is 2. The second-order valence-corrected chi connectivity index (χ2v) is 4.46. The molecular formula is C12H13F3N2O. The molecule has 1 atom stereocenters. The van der Waals surface area contributed by atoms with Crippen molar-refractivity contribution in [3.8, 4) is 0 Å². The maximum atomic E-state index is 12.7. The van der Waals surface area contributed by atoms with Crippen LogP contribution in [0.25, 0.3) is 0 Å². The van der Waals surface area contributed by atoms with Gasteiger partial charge in [0.05, 0.1) is 0 Å². The summed E-state index contributed by atoms with van der Waals surface area (Å²) in [5, 5.41) is 2.02. The van der Waals surface area contributed by atoms with Crippen molar-refractivity contribution in [3.05, 3.63) is 35.9 Å². The molecular weight excluding hydrogens is 245 g/mol. The number of rotatable bonds is 3. The van der Waals surface area contributed by atoms with E-state index in [2.05, 4.69) is 0 Å². The van der Waals surface area contributed by atoms with Gasteiger partial charge in [0.25, 0.3) is 0 Å². The van der Waals surface area contributed by atoms with Gasteiger partial charge in [-0.2, -0.15) is 13.2 Å². The number of alkyl halides is 3. The summed E-state index contributed by atoms with van der Waals surface area (Å²) >= 11 is 0. The summed E-state index contributed by atoms with van der Waals surface area (Å²) in [6.07, 6.45) is -4.58. The Morgan fingerprint density at radius 3 is 2.28 bits per heavy atom. The van der Waals surface area contributed by atoms with Crippen LogP contribution in [0.5, 0.6) is 0 Å². The fraction of sp³-hybridized carbons (Fsp3) is 0.417. The predicted octanol–water partition coefficient (Wildman–Crippen LogP) is 1.90. The fourth-order valence-corrected chi connectivity index (χ4v) is 1.73. The molecule has 3 N–H and O–H groups in total. The van der Waals surface area contributed by atoms with Crippen LogP contribution in [-0.4, -0.2) is 17.6 Å². The van der Waals surface area contributed by atoms with Gasteiger partial charge in [-0.15, -0.1) is 0 Å². The molecule has 0 saturated heterocycles. The largest absolute Gasteiger partial charge is 0.411 e. The topological polar surface area (TPSA) is 55.1 Å². The zero-order valence-electron chi connectivity index (χ0n) is 9.50. The van der Waals surface area contributed by atoms with Gasteiger partial charge in [-0.1, -0.05) is 30.3 Å². The van der Waals surface area contributed by atoms with Crippen molar-refractivity contribution in [1.82, 2.24) is 5.32 Å². The zero-order chi connectivity index (χ0) is 13.4. The monoisotopic (exact) mass is 258 g/mol. The van der Waals surface area contributed by atoms with E-state index >= 15 is 0 Å². The van der Waals surface area contributed by atoms with Crippen LogP contribution in [0.3, 0.4) is 0 Å². The lowest BCUT2D eigenvalue weighted by atomic mass is 10.1. The van der Waals surface area contributed by atoms with Crippen LogP contribution in [0.15, 0.2) is 30.3 Å². The lowest BCUT2D eigenvalue weighted by molar-refractivity contribution is -0.170. The Balaban J connectivity index is 2.06. The van der Waals surface area contributed by atoms with Crippen molar-refractivity contribution < 1.29 is 18.0 Å². The molecule has 6 heteroatoms. The Labute approximate surface area is 102 Å². The van der Waals surface area contributed by atoms with Crippen LogP contribution >= 0.6 is 0 Å². The third-order valence-electron chi connectivity index (χ3n) is 3.10. The summed E-state index contributed by atoms with van der Waals surface area (Å²) in [6, 6.07) is 7.24. The van der Waals surface area contributed by atoms with Crippen molar-refractivity contribution in [1.29, 1.82) is 0 Å². The summed E-state index contributed by atoms with van der Waals surface area (Å²) in [5.41, 5.74) is 4.07. The average Bonchev–Trinajstić information content (AvgIpc) is 3.09. The van der Waals surface area contributed by atoms with E-state index in [9.17, 15) is 18.0 Å². The maximum Gasteiger partial charge on any atom is 0.411 e. The van der Waals surface area contributed by atoms with E-state index in [0.29, 0.717) is 5.56 Å². The van der Waals surface area contributed by atoms with E-state index in [1.807, 2.05) is 5.32 Å². The lowest BCUT2D eigenvalue weighted by Crippen LogP contribution is -2.50. The van der Waals surface area contributed by atoms with Crippen molar-refractivity contribution in [3.63, 3.8) is 0 Å². The summed E-state index contributed by atoms with van der Waals surface area (Å²) < 4.78 is 38.0. The number of amides is 1. The van der Waals surface area contributed by atoms with Crippen LogP contribution in [0.4, 0.5) is 13.2 Å². The summed E-state index contributed by atoms with van der Waals surface area (Å²) in [6.45, 7) is 0. The number of carbonyl (C=O) groups excluding carboxylic acids is 1. The molecule has 1 aliphatic rings. The molecule has 0 radical (unpaired) electrons. The number of hydrogen-bond donors (Lipinski definition) is 2. The molecule has 1 saturated carbocycles. The minimum absolute atomic E-state index is 0.0796. The van der Waals surface area contributed by atoms with Crippen LogP contribution in [0.2, 0.25) is 0 Å². The molecule has 3 nitrogen and oxygen atoms in total. The molecule has 2 rings (SSSR count). The summed E-state index contributed by atoms with van der Waals surface area (Å²) in [4.78, 5) is 11.7. The van der Waals surface area contributed by atoms with E-state index in [4.69, 9.17) is 5.73 Å².